The van der Waals surface area contributed by atoms with Crippen molar-refractivity contribution in [2.24, 2.45) is 0 Å². The van der Waals surface area contributed by atoms with Gasteiger partial charge in [-0.1, -0.05) is 0 Å². The Morgan fingerprint density at radius 2 is 1.58 bits per heavy atom. The van der Waals surface area contributed by atoms with Gasteiger partial charge in [-0.25, -0.2) is 0 Å². The lowest BCUT2D eigenvalue weighted by Gasteiger charge is -2.18. The van der Waals surface area contributed by atoms with Gasteiger partial charge in [-0.3, -0.25) is 0 Å². The molecule has 0 bridgehead atoms. The summed E-state index contributed by atoms with van der Waals surface area (Å²) >= 11 is 0. The van der Waals surface area contributed by atoms with Crippen molar-refractivity contribution in [3.05, 3.63) is 42.5 Å². The maximum absolute atomic E-state index is 12.2. The quantitative estimate of drug-likeness (QED) is 0.624. The number of anilines is 2. The van der Waals surface area contributed by atoms with Crippen LogP contribution >= 0.6 is 0 Å². The molecule has 0 aliphatic heterocycles. The van der Waals surface area contributed by atoms with Crippen molar-refractivity contribution >= 4 is 11.4 Å². The summed E-state index contributed by atoms with van der Waals surface area (Å²) in [7, 11) is 0. The standard InChI is InChI=1S/C18H21F3N2O3/c1-17(2,24)9-10-23-16-11-14(7-8-15(16)22)25-12-3-5-13(6-4-12)26-18(19,20)21/h3-8,11,23-24H,9-10,22H2,1-2H3. The first kappa shape index (κ1) is 19.7. The van der Waals surface area contributed by atoms with E-state index in [1.807, 2.05) is 0 Å². The molecule has 0 atom stereocenters. The number of aliphatic hydroxyl groups is 1. The van der Waals surface area contributed by atoms with Crippen LogP contribution in [-0.2, 0) is 0 Å². The van der Waals surface area contributed by atoms with Crippen LogP contribution in [0.4, 0.5) is 24.5 Å². The molecule has 8 heteroatoms. The lowest BCUT2D eigenvalue weighted by Crippen LogP contribution is -2.22. The van der Waals surface area contributed by atoms with Crippen LogP contribution < -0.4 is 20.5 Å². The molecule has 0 unspecified atom stereocenters. The van der Waals surface area contributed by atoms with Gasteiger partial charge in [-0.05, 0) is 56.7 Å². The number of benzene rings is 2. The zero-order valence-electron chi connectivity index (χ0n) is 14.4. The minimum absolute atomic E-state index is 0.323. The fourth-order valence-corrected chi connectivity index (χ4v) is 2.10. The number of nitrogens with one attached hydrogen (secondary N) is 1. The van der Waals surface area contributed by atoms with E-state index in [4.69, 9.17) is 10.5 Å². The predicted molar refractivity (Wildman–Crippen MR) is 93.5 cm³/mol. The Bertz CT molecular complexity index is 726. The summed E-state index contributed by atoms with van der Waals surface area (Å²) in [5.74, 6) is 0.498. The van der Waals surface area contributed by atoms with Crippen LogP contribution in [0.2, 0.25) is 0 Å². The minimum atomic E-state index is -4.73. The van der Waals surface area contributed by atoms with Crippen LogP contribution in [0.3, 0.4) is 0 Å². The number of nitrogen functional groups attached to an aromatic ring is 1. The Balaban J connectivity index is 2.02. The Morgan fingerprint density at radius 1 is 1.00 bits per heavy atom. The van der Waals surface area contributed by atoms with Crippen molar-refractivity contribution < 1.29 is 27.8 Å². The van der Waals surface area contributed by atoms with Gasteiger partial charge < -0.3 is 25.6 Å². The predicted octanol–water partition coefficient (Wildman–Crippen LogP) is 4.53. The molecule has 26 heavy (non-hydrogen) atoms. The second kappa shape index (κ2) is 7.74. The molecule has 0 aliphatic carbocycles. The van der Waals surface area contributed by atoms with Gasteiger partial charge in [-0.15, -0.1) is 13.2 Å². The van der Waals surface area contributed by atoms with E-state index >= 15 is 0 Å². The second-order valence-corrected chi connectivity index (χ2v) is 6.36. The van der Waals surface area contributed by atoms with Crippen LogP contribution in [0.25, 0.3) is 0 Å². The zero-order chi connectivity index (χ0) is 19.4. The van der Waals surface area contributed by atoms with E-state index < -0.39 is 12.0 Å². The Hall–Kier alpha value is -2.61. The highest BCUT2D eigenvalue weighted by Crippen LogP contribution is 2.30. The first-order valence-electron chi connectivity index (χ1n) is 7.91. The van der Waals surface area contributed by atoms with Gasteiger partial charge in [0.15, 0.2) is 0 Å². The van der Waals surface area contributed by atoms with Crippen LogP contribution in [0.5, 0.6) is 17.2 Å². The number of hydrogen-bond acceptors (Lipinski definition) is 5. The lowest BCUT2D eigenvalue weighted by atomic mass is 10.1. The van der Waals surface area contributed by atoms with Gasteiger partial charge in [0.25, 0.3) is 0 Å². The van der Waals surface area contributed by atoms with Gasteiger partial charge in [0.05, 0.1) is 17.0 Å². The average Bonchev–Trinajstić information content (AvgIpc) is 2.50. The minimum Gasteiger partial charge on any atom is -0.457 e. The smallest absolute Gasteiger partial charge is 0.457 e. The summed E-state index contributed by atoms with van der Waals surface area (Å²) in [6.07, 6.45) is -4.21. The molecule has 0 amide bonds. The van der Waals surface area contributed by atoms with Crippen molar-refractivity contribution in [1.29, 1.82) is 0 Å². The second-order valence-electron chi connectivity index (χ2n) is 6.36. The summed E-state index contributed by atoms with van der Waals surface area (Å²) < 4.78 is 45.9. The van der Waals surface area contributed by atoms with Gasteiger partial charge >= 0.3 is 6.36 Å². The van der Waals surface area contributed by atoms with Crippen molar-refractivity contribution in [2.75, 3.05) is 17.6 Å². The molecule has 142 valence electrons. The zero-order valence-corrected chi connectivity index (χ0v) is 14.4. The van der Waals surface area contributed by atoms with Gasteiger partial charge in [0, 0.05) is 12.6 Å². The fraction of sp³-hybridized carbons (Fsp3) is 0.333. The van der Waals surface area contributed by atoms with Crippen LogP contribution in [-0.4, -0.2) is 23.6 Å². The molecule has 2 aromatic rings. The van der Waals surface area contributed by atoms with E-state index in [1.54, 1.807) is 32.0 Å². The fourth-order valence-electron chi connectivity index (χ4n) is 2.10. The van der Waals surface area contributed by atoms with Crippen LogP contribution in [0, 0.1) is 0 Å². The van der Waals surface area contributed by atoms with Gasteiger partial charge in [0.2, 0.25) is 0 Å². The first-order valence-corrected chi connectivity index (χ1v) is 7.91. The van der Waals surface area contributed by atoms with Crippen LogP contribution in [0.15, 0.2) is 42.5 Å². The maximum atomic E-state index is 12.2. The number of rotatable bonds is 7. The van der Waals surface area contributed by atoms with Gasteiger partial charge in [0.1, 0.15) is 17.2 Å². The maximum Gasteiger partial charge on any atom is 0.573 e. The molecule has 2 aromatic carbocycles. The number of alkyl halides is 3. The van der Waals surface area contributed by atoms with E-state index in [0.29, 0.717) is 35.8 Å². The lowest BCUT2D eigenvalue weighted by molar-refractivity contribution is -0.274. The Morgan fingerprint density at radius 3 is 2.15 bits per heavy atom. The van der Waals surface area contributed by atoms with Gasteiger partial charge in [-0.2, -0.15) is 0 Å². The third kappa shape index (κ3) is 6.72. The number of nitrogens with two attached hydrogens (primary N) is 1. The molecule has 2 rings (SSSR count). The molecule has 0 heterocycles. The summed E-state index contributed by atoms with van der Waals surface area (Å²) in [6, 6.07) is 10.1. The third-order valence-electron chi connectivity index (χ3n) is 3.37. The normalized spacial score (nSPS) is 11.9. The van der Waals surface area contributed by atoms with E-state index in [-0.39, 0.29) is 5.75 Å². The molecule has 0 saturated heterocycles. The molecule has 0 saturated carbocycles. The van der Waals surface area contributed by atoms with Crippen LogP contribution in [0.1, 0.15) is 20.3 Å². The SMILES string of the molecule is CC(C)(O)CCNc1cc(Oc2ccc(OC(F)(F)F)cc2)ccc1N. The van der Waals surface area contributed by atoms with E-state index in [2.05, 4.69) is 10.1 Å². The van der Waals surface area contributed by atoms with E-state index in [0.717, 1.165) is 0 Å². The third-order valence-corrected chi connectivity index (χ3v) is 3.37. The van der Waals surface area contributed by atoms with Crippen molar-refractivity contribution in [2.45, 2.75) is 32.2 Å². The highest BCUT2D eigenvalue weighted by molar-refractivity contribution is 5.68. The first-order chi connectivity index (χ1) is 12.0. The number of ether oxygens (including phenoxy) is 2. The highest BCUT2D eigenvalue weighted by Gasteiger charge is 2.30. The molecule has 5 nitrogen and oxygen atoms in total. The molecule has 0 fully saturated rings. The summed E-state index contributed by atoms with van der Waals surface area (Å²) in [5, 5.41) is 12.9. The van der Waals surface area contributed by atoms with Crippen molar-refractivity contribution in [3.63, 3.8) is 0 Å². The molecule has 0 aliphatic rings. The largest absolute Gasteiger partial charge is 0.573 e. The molecule has 0 aromatic heterocycles. The molecule has 0 spiro atoms. The number of halogens is 3. The van der Waals surface area contributed by atoms with Crippen molar-refractivity contribution in [3.8, 4) is 17.2 Å². The molecule has 4 N–H and O–H groups in total. The number of hydrogen-bond donors (Lipinski definition) is 3. The summed E-state index contributed by atoms with van der Waals surface area (Å²) in [5.41, 5.74) is 6.27. The average molecular weight is 370 g/mol. The molecule has 0 radical (unpaired) electrons. The highest BCUT2D eigenvalue weighted by atomic mass is 19.4. The summed E-state index contributed by atoms with van der Waals surface area (Å²) in [4.78, 5) is 0. The van der Waals surface area contributed by atoms with Crippen molar-refractivity contribution in [1.82, 2.24) is 0 Å². The topological polar surface area (TPSA) is 76.7 Å². The Kier molecular flexibility index (Phi) is 5.86. The Labute approximate surface area is 149 Å². The van der Waals surface area contributed by atoms with E-state index in [1.165, 1.54) is 24.3 Å². The monoisotopic (exact) mass is 370 g/mol. The molecular formula is C18H21F3N2O3. The summed E-state index contributed by atoms with van der Waals surface area (Å²) in [6.45, 7) is 3.94. The molecular weight excluding hydrogens is 349 g/mol. The van der Waals surface area contributed by atoms with E-state index in [9.17, 15) is 18.3 Å².